The van der Waals surface area contributed by atoms with E-state index in [9.17, 15) is 13.2 Å². The Morgan fingerprint density at radius 1 is 1.28 bits per heavy atom. The van der Waals surface area contributed by atoms with Gasteiger partial charge in [-0.15, -0.1) is 5.10 Å². The molecule has 0 aliphatic carbocycles. The highest BCUT2D eigenvalue weighted by atomic mass is 32.2. The van der Waals surface area contributed by atoms with Crippen molar-refractivity contribution in [1.29, 1.82) is 0 Å². The molecule has 29 heavy (non-hydrogen) atoms. The lowest BCUT2D eigenvalue weighted by Crippen LogP contribution is -2.34. The van der Waals surface area contributed by atoms with Gasteiger partial charge in [-0.1, -0.05) is 13.3 Å². The molecule has 0 saturated heterocycles. The van der Waals surface area contributed by atoms with Gasteiger partial charge in [0.2, 0.25) is 5.91 Å². The molecule has 1 N–H and O–H groups in total. The third kappa shape index (κ3) is 5.22. The van der Waals surface area contributed by atoms with Gasteiger partial charge in [-0.2, -0.15) is 0 Å². The number of amides is 1. The molecule has 1 unspecified atom stereocenters. The summed E-state index contributed by atoms with van der Waals surface area (Å²) in [6.45, 7) is 4.99. The number of fused-ring (bicyclic) bond motifs is 1. The number of rotatable bonds is 8. The molecule has 1 aliphatic rings. The van der Waals surface area contributed by atoms with E-state index in [4.69, 9.17) is 9.47 Å². The zero-order valence-corrected chi connectivity index (χ0v) is 17.3. The summed E-state index contributed by atoms with van der Waals surface area (Å²) in [4.78, 5) is 12.6. The van der Waals surface area contributed by atoms with Crippen molar-refractivity contribution in [3.05, 3.63) is 24.0 Å². The van der Waals surface area contributed by atoms with Crippen molar-refractivity contribution in [1.82, 2.24) is 20.2 Å². The smallest absolute Gasteiger partial charge is 0.242 e. The van der Waals surface area contributed by atoms with Gasteiger partial charge in [0.05, 0.1) is 13.2 Å². The lowest BCUT2D eigenvalue weighted by atomic mass is 10.2. The molecular weight excluding hydrogens is 398 g/mol. The average Bonchev–Trinajstić information content (AvgIpc) is 2.98. The molecule has 2 aromatic rings. The van der Waals surface area contributed by atoms with Gasteiger partial charge in [0, 0.05) is 24.7 Å². The number of tetrazole rings is 1. The summed E-state index contributed by atoms with van der Waals surface area (Å²) in [6, 6.07) is 4.97. The molecule has 0 spiro atoms. The van der Waals surface area contributed by atoms with Crippen LogP contribution in [0.4, 0.5) is 5.69 Å². The number of aromatic nitrogens is 4. The molecule has 11 heteroatoms. The predicted octanol–water partition coefficient (Wildman–Crippen LogP) is 1.58. The van der Waals surface area contributed by atoms with Gasteiger partial charge in [-0.3, -0.25) is 4.79 Å². The second-order valence-electron chi connectivity index (χ2n) is 6.82. The van der Waals surface area contributed by atoms with Crippen molar-refractivity contribution in [3.8, 4) is 11.5 Å². The summed E-state index contributed by atoms with van der Waals surface area (Å²) in [5.41, 5.74) is 0.439. The number of nitrogens with zero attached hydrogens (tertiary/aromatic N) is 4. The maximum atomic E-state index is 12.7. The molecule has 1 aromatic heterocycles. The predicted molar refractivity (Wildman–Crippen MR) is 105 cm³/mol. The molecular formula is C18H25N5O5S. The molecule has 1 atom stereocenters. The Kier molecular flexibility index (Phi) is 6.68. The lowest BCUT2D eigenvalue weighted by molar-refractivity contribution is -0.115. The highest BCUT2D eigenvalue weighted by Crippen LogP contribution is 2.32. The van der Waals surface area contributed by atoms with Crippen LogP contribution in [0.3, 0.4) is 0 Å². The zero-order valence-electron chi connectivity index (χ0n) is 16.5. The van der Waals surface area contributed by atoms with Crippen LogP contribution < -0.4 is 14.8 Å². The Balaban J connectivity index is 1.67. The second-order valence-corrected chi connectivity index (χ2v) is 9.14. The average molecular weight is 423 g/mol. The first-order valence-corrected chi connectivity index (χ1v) is 11.3. The third-order valence-electron chi connectivity index (χ3n) is 4.58. The van der Waals surface area contributed by atoms with Crippen molar-refractivity contribution in [2.45, 2.75) is 50.7 Å². The number of hydrogen-bond donors (Lipinski definition) is 1. The van der Waals surface area contributed by atoms with E-state index in [0.717, 1.165) is 19.3 Å². The van der Waals surface area contributed by atoms with Gasteiger partial charge < -0.3 is 14.8 Å². The van der Waals surface area contributed by atoms with Crippen LogP contribution in [-0.4, -0.2) is 53.0 Å². The van der Waals surface area contributed by atoms with Gasteiger partial charge >= 0.3 is 0 Å². The van der Waals surface area contributed by atoms with Crippen LogP contribution in [-0.2, 0) is 26.9 Å². The summed E-state index contributed by atoms with van der Waals surface area (Å²) in [7, 11) is -3.80. The monoisotopic (exact) mass is 423 g/mol. The third-order valence-corrected chi connectivity index (χ3v) is 6.53. The van der Waals surface area contributed by atoms with E-state index in [1.807, 2.05) is 6.92 Å². The Labute approximate surface area is 169 Å². The van der Waals surface area contributed by atoms with Crippen LogP contribution in [0, 0.1) is 0 Å². The van der Waals surface area contributed by atoms with E-state index in [1.54, 1.807) is 18.2 Å². The molecule has 0 fully saturated rings. The summed E-state index contributed by atoms with van der Waals surface area (Å²) >= 11 is 0. The Bertz CT molecular complexity index is 959. The van der Waals surface area contributed by atoms with Crippen LogP contribution in [0.15, 0.2) is 18.2 Å². The highest BCUT2D eigenvalue weighted by Gasteiger charge is 2.30. The summed E-state index contributed by atoms with van der Waals surface area (Å²) < 4.78 is 38.1. The van der Waals surface area contributed by atoms with Gasteiger partial charge in [0.25, 0.3) is 0 Å². The summed E-state index contributed by atoms with van der Waals surface area (Å²) in [5.74, 6) is 0.311. The van der Waals surface area contributed by atoms with Crippen molar-refractivity contribution < 1.29 is 22.7 Å². The van der Waals surface area contributed by atoms with Gasteiger partial charge in [-0.25, -0.2) is 13.1 Å². The second kappa shape index (κ2) is 9.21. The normalized spacial score (nSPS) is 14.8. The lowest BCUT2D eigenvalue weighted by Gasteiger charge is -2.14. The molecule has 1 aliphatic heterocycles. The SMILES string of the molecule is CCCCn1nnnc1CS(=O)(=O)C(C)C(=O)Nc1ccc2c(c1)OCCCO2. The number of carbonyl (C=O) groups excluding carboxylic acids is 1. The standard InChI is InChI=1S/C18H25N5O5S/c1-3-4-8-23-17(20-21-22-23)12-29(25,26)13(2)18(24)19-14-6-7-15-16(11-14)28-10-5-9-27-15/h6-7,11,13H,3-5,8-10,12H2,1-2H3,(H,19,24). The molecule has 0 bridgehead atoms. The number of benzene rings is 1. The van der Waals surface area contributed by atoms with Crippen LogP contribution in [0.5, 0.6) is 11.5 Å². The van der Waals surface area contributed by atoms with Crippen LogP contribution in [0.1, 0.15) is 38.9 Å². The quantitative estimate of drug-likeness (QED) is 0.678. The van der Waals surface area contributed by atoms with E-state index in [2.05, 4.69) is 20.8 Å². The first kappa shape index (κ1) is 21.0. The maximum Gasteiger partial charge on any atom is 0.242 e. The highest BCUT2D eigenvalue weighted by molar-refractivity contribution is 7.92. The molecule has 0 saturated carbocycles. The minimum atomic E-state index is -3.80. The topological polar surface area (TPSA) is 125 Å². The number of sulfone groups is 1. The van der Waals surface area contributed by atoms with E-state index < -0.39 is 26.7 Å². The molecule has 0 radical (unpaired) electrons. The minimum Gasteiger partial charge on any atom is -0.490 e. The summed E-state index contributed by atoms with van der Waals surface area (Å²) in [6.07, 6.45) is 2.53. The zero-order chi connectivity index (χ0) is 20.9. The van der Waals surface area contributed by atoms with Crippen molar-refractivity contribution >= 4 is 21.4 Å². The van der Waals surface area contributed by atoms with Gasteiger partial charge in [-0.05, 0) is 35.9 Å². The van der Waals surface area contributed by atoms with Crippen molar-refractivity contribution in [3.63, 3.8) is 0 Å². The Hall–Kier alpha value is -2.69. The van der Waals surface area contributed by atoms with E-state index >= 15 is 0 Å². The first-order valence-electron chi connectivity index (χ1n) is 9.58. The summed E-state index contributed by atoms with van der Waals surface area (Å²) in [5, 5.41) is 12.5. The Morgan fingerprint density at radius 2 is 2.03 bits per heavy atom. The molecule has 3 rings (SSSR count). The number of nitrogens with one attached hydrogen (secondary N) is 1. The fraction of sp³-hybridized carbons (Fsp3) is 0.556. The van der Waals surface area contributed by atoms with E-state index in [1.165, 1.54) is 11.6 Å². The van der Waals surface area contributed by atoms with E-state index in [0.29, 0.717) is 36.9 Å². The molecule has 1 aromatic carbocycles. The number of anilines is 1. The number of carbonyl (C=O) groups is 1. The fourth-order valence-electron chi connectivity index (χ4n) is 2.76. The fourth-order valence-corrected chi connectivity index (χ4v) is 3.96. The van der Waals surface area contributed by atoms with Crippen molar-refractivity contribution in [2.75, 3.05) is 18.5 Å². The van der Waals surface area contributed by atoms with Gasteiger partial charge in [0.1, 0.15) is 11.0 Å². The molecule has 2 heterocycles. The number of unbranched alkanes of at least 4 members (excludes halogenated alkanes) is 1. The van der Waals surface area contributed by atoms with Crippen molar-refractivity contribution in [2.24, 2.45) is 0 Å². The van der Waals surface area contributed by atoms with Gasteiger partial charge in [0.15, 0.2) is 27.2 Å². The maximum absolute atomic E-state index is 12.7. The number of hydrogen-bond acceptors (Lipinski definition) is 8. The molecule has 158 valence electrons. The van der Waals surface area contributed by atoms with Crippen LogP contribution in [0.25, 0.3) is 0 Å². The molecule has 1 amide bonds. The minimum absolute atomic E-state index is 0.230. The largest absolute Gasteiger partial charge is 0.490 e. The van der Waals surface area contributed by atoms with Crippen LogP contribution >= 0.6 is 0 Å². The first-order chi connectivity index (χ1) is 13.9. The molecule has 10 nitrogen and oxygen atoms in total. The van der Waals surface area contributed by atoms with E-state index in [-0.39, 0.29) is 5.82 Å². The Morgan fingerprint density at radius 3 is 2.79 bits per heavy atom. The van der Waals surface area contributed by atoms with Crippen LogP contribution in [0.2, 0.25) is 0 Å². The number of ether oxygens (including phenoxy) is 2. The number of aryl methyl sites for hydroxylation is 1.